The molecule has 0 atom stereocenters. The van der Waals surface area contributed by atoms with Crippen molar-refractivity contribution < 1.29 is 22.8 Å². The maximum atomic E-state index is 12.5. The quantitative estimate of drug-likeness (QED) is 0.704. The third-order valence-electron chi connectivity index (χ3n) is 3.38. The average molecular weight is 354 g/mol. The lowest BCUT2D eigenvalue weighted by Crippen LogP contribution is -2.34. The Hall–Kier alpha value is -2.55. The van der Waals surface area contributed by atoms with E-state index >= 15 is 0 Å². The molecule has 2 rings (SSSR count). The van der Waals surface area contributed by atoms with Gasteiger partial charge in [0, 0.05) is 0 Å². The number of carbonyl (C=O) groups is 1. The van der Waals surface area contributed by atoms with E-state index < -0.39 is 12.5 Å². The minimum Gasteiger partial charge on any atom is -0.434 e. The van der Waals surface area contributed by atoms with Gasteiger partial charge in [0.15, 0.2) is 0 Å². The number of unbranched alkanes of at least 4 members (excludes halogenated alkanes) is 1. The van der Waals surface area contributed by atoms with Gasteiger partial charge in [0.25, 0.3) is 0 Å². The van der Waals surface area contributed by atoms with E-state index in [1.165, 1.54) is 6.07 Å². The number of aromatic nitrogens is 2. The molecule has 2 aromatic rings. The molecule has 7 nitrogen and oxygen atoms in total. The van der Waals surface area contributed by atoms with Crippen molar-refractivity contribution in [1.29, 1.82) is 0 Å². The van der Waals surface area contributed by atoms with Gasteiger partial charge in [-0.25, -0.2) is 0 Å². The summed E-state index contributed by atoms with van der Waals surface area (Å²) in [5, 5.41) is 3.81. The van der Waals surface area contributed by atoms with E-state index in [0.717, 1.165) is 12.8 Å². The molecule has 0 aliphatic rings. The first-order valence-electron chi connectivity index (χ1n) is 7.87. The molecule has 0 radical (unpaired) electrons. The van der Waals surface area contributed by atoms with Crippen molar-refractivity contribution in [3.05, 3.63) is 30.2 Å². The number of hydrogen-bond donors (Lipinski definition) is 1. The van der Waals surface area contributed by atoms with Crippen LogP contribution in [-0.4, -0.2) is 40.6 Å². The van der Waals surface area contributed by atoms with Crippen LogP contribution in [0.1, 0.15) is 25.7 Å². The van der Waals surface area contributed by atoms with Gasteiger partial charge < -0.3 is 15.0 Å². The van der Waals surface area contributed by atoms with Crippen molar-refractivity contribution >= 4 is 5.91 Å². The van der Waals surface area contributed by atoms with E-state index in [2.05, 4.69) is 14.9 Å². The Morgan fingerprint density at radius 3 is 2.84 bits per heavy atom. The number of rotatable bonds is 10. The van der Waals surface area contributed by atoms with Gasteiger partial charge in [0.2, 0.25) is 17.6 Å². The first-order valence-corrected chi connectivity index (χ1v) is 7.87. The number of para-hydroxylation sites is 1. The second-order valence-electron chi connectivity index (χ2n) is 5.42. The Bertz CT molecular complexity index is 694. The van der Waals surface area contributed by atoms with Crippen LogP contribution in [0.2, 0.25) is 0 Å². The highest BCUT2D eigenvalue weighted by atomic mass is 19.3. The molecule has 2 N–H and O–H groups in total. The van der Waals surface area contributed by atoms with Gasteiger partial charge in [0.1, 0.15) is 5.75 Å². The van der Waals surface area contributed by atoms with Gasteiger partial charge in [-0.1, -0.05) is 30.6 Å². The summed E-state index contributed by atoms with van der Waals surface area (Å²) < 4.78 is 34.6. The number of ether oxygens (including phenoxy) is 1. The zero-order chi connectivity index (χ0) is 18.2. The van der Waals surface area contributed by atoms with Gasteiger partial charge >= 0.3 is 6.61 Å². The summed E-state index contributed by atoms with van der Waals surface area (Å²) in [5.74, 6) is -0.0867. The standard InChI is InChI=1S/C16H20F2N4O3/c1-2-3-8-22(9-13(19)23)10-14-20-15(21-25-14)11-6-4-5-7-12(11)24-16(17)18/h4-7,16H,2-3,8-10H2,1H3,(H2,19,23). The molecule has 0 aliphatic heterocycles. The van der Waals surface area contributed by atoms with Crippen LogP contribution in [0, 0.1) is 0 Å². The molecule has 0 bridgehead atoms. The second kappa shape index (κ2) is 9.07. The third-order valence-corrected chi connectivity index (χ3v) is 3.38. The van der Waals surface area contributed by atoms with Crippen molar-refractivity contribution in [2.75, 3.05) is 13.1 Å². The molecule has 0 unspecified atom stereocenters. The SMILES string of the molecule is CCCCN(CC(N)=O)Cc1nc(-c2ccccc2OC(F)F)no1. The predicted octanol–water partition coefficient (Wildman–Crippen LogP) is 2.43. The molecule has 0 spiro atoms. The Morgan fingerprint density at radius 1 is 1.40 bits per heavy atom. The molecule has 1 aromatic carbocycles. The van der Waals surface area contributed by atoms with Crippen molar-refractivity contribution in [2.45, 2.75) is 32.9 Å². The first kappa shape index (κ1) is 18.8. The number of nitrogens with zero attached hydrogens (tertiary/aromatic N) is 3. The van der Waals surface area contributed by atoms with E-state index in [4.69, 9.17) is 10.3 Å². The van der Waals surface area contributed by atoms with Gasteiger partial charge in [-0.05, 0) is 25.1 Å². The largest absolute Gasteiger partial charge is 0.434 e. The maximum Gasteiger partial charge on any atom is 0.387 e. The minimum atomic E-state index is -2.95. The van der Waals surface area contributed by atoms with Crippen LogP contribution >= 0.6 is 0 Å². The molecular weight excluding hydrogens is 334 g/mol. The van der Waals surface area contributed by atoms with Gasteiger partial charge in [-0.2, -0.15) is 13.8 Å². The number of alkyl halides is 2. The molecular formula is C16H20F2N4O3. The maximum absolute atomic E-state index is 12.5. The molecule has 136 valence electrons. The van der Waals surface area contributed by atoms with Gasteiger partial charge in [-0.3, -0.25) is 9.69 Å². The number of benzene rings is 1. The van der Waals surface area contributed by atoms with E-state index in [1.807, 2.05) is 6.92 Å². The summed E-state index contributed by atoms with van der Waals surface area (Å²) in [6.07, 6.45) is 1.85. The Kier molecular flexibility index (Phi) is 6.81. The minimum absolute atomic E-state index is 0.0372. The number of nitrogens with two attached hydrogens (primary N) is 1. The van der Waals surface area contributed by atoms with Gasteiger partial charge in [0.05, 0.1) is 18.7 Å². The van der Waals surface area contributed by atoms with Crippen LogP contribution in [0.15, 0.2) is 28.8 Å². The topological polar surface area (TPSA) is 94.5 Å². The smallest absolute Gasteiger partial charge is 0.387 e. The fourth-order valence-electron chi connectivity index (χ4n) is 2.29. The summed E-state index contributed by atoms with van der Waals surface area (Å²) in [7, 11) is 0. The number of halogens is 2. The number of carbonyl (C=O) groups excluding carboxylic acids is 1. The lowest BCUT2D eigenvalue weighted by molar-refractivity contribution is -0.119. The van der Waals surface area contributed by atoms with Crippen LogP contribution in [0.4, 0.5) is 8.78 Å². The van der Waals surface area contributed by atoms with E-state index in [-0.39, 0.29) is 30.6 Å². The number of hydrogen-bond acceptors (Lipinski definition) is 6. The molecule has 1 heterocycles. The normalized spacial score (nSPS) is 11.2. The molecule has 25 heavy (non-hydrogen) atoms. The highest BCUT2D eigenvalue weighted by Gasteiger charge is 2.18. The summed E-state index contributed by atoms with van der Waals surface area (Å²) in [5.41, 5.74) is 5.55. The van der Waals surface area contributed by atoms with Crippen LogP contribution in [0.25, 0.3) is 11.4 Å². The monoisotopic (exact) mass is 354 g/mol. The summed E-state index contributed by atoms with van der Waals surface area (Å²) in [4.78, 5) is 17.2. The molecule has 9 heteroatoms. The molecule has 0 saturated heterocycles. The highest BCUT2D eigenvalue weighted by molar-refractivity contribution is 5.75. The second-order valence-corrected chi connectivity index (χ2v) is 5.42. The van der Waals surface area contributed by atoms with Crippen molar-refractivity contribution in [3.63, 3.8) is 0 Å². The van der Waals surface area contributed by atoms with E-state index in [9.17, 15) is 13.6 Å². The molecule has 0 fully saturated rings. The Balaban J connectivity index is 2.14. The van der Waals surface area contributed by atoms with E-state index in [1.54, 1.807) is 23.1 Å². The van der Waals surface area contributed by atoms with Crippen LogP contribution in [-0.2, 0) is 11.3 Å². The number of primary amides is 1. The fraction of sp³-hybridized carbons (Fsp3) is 0.438. The zero-order valence-corrected chi connectivity index (χ0v) is 13.8. The van der Waals surface area contributed by atoms with Crippen LogP contribution < -0.4 is 10.5 Å². The summed E-state index contributed by atoms with van der Waals surface area (Å²) >= 11 is 0. The van der Waals surface area contributed by atoms with Crippen LogP contribution in [0.5, 0.6) is 5.75 Å². The van der Waals surface area contributed by atoms with Gasteiger partial charge in [-0.15, -0.1) is 0 Å². The average Bonchev–Trinajstić information content (AvgIpc) is 3.00. The molecule has 0 saturated carbocycles. The first-order chi connectivity index (χ1) is 12.0. The Morgan fingerprint density at radius 2 is 2.16 bits per heavy atom. The molecule has 1 amide bonds. The van der Waals surface area contributed by atoms with Crippen LogP contribution in [0.3, 0.4) is 0 Å². The zero-order valence-electron chi connectivity index (χ0n) is 13.8. The van der Waals surface area contributed by atoms with Crippen molar-refractivity contribution in [1.82, 2.24) is 15.0 Å². The van der Waals surface area contributed by atoms with Crippen molar-refractivity contribution in [2.24, 2.45) is 5.73 Å². The van der Waals surface area contributed by atoms with Crippen molar-refractivity contribution in [3.8, 4) is 17.1 Å². The van der Waals surface area contributed by atoms with E-state index in [0.29, 0.717) is 12.1 Å². The predicted molar refractivity (Wildman–Crippen MR) is 85.7 cm³/mol. The lowest BCUT2D eigenvalue weighted by Gasteiger charge is -2.17. The fourth-order valence-corrected chi connectivity index (χ4v) is 2.29. The third kappa shape index (κ3) is 5.79. The summed E-state index contributed by atoms with van der Waals surface area (Å²) in [6.45, 7) is 0.0547. The summed E-state index contributed by atoms with van der Waals surface area (Å²) in [6, 6.07) is 6.19. The number of amides is 1. The Labute approximate surface area is 143 Å². The highest BCUT2D eigenvalue weighted by Crippen LogP contribution is 2.28. The molecule has 1 aromatic heterocycles. The molecule has 0 aliphatic carbocycles. The lowest BCUT2D eigenvalue weighted by atomic mass is 10.2.